The average Bonchev–Trinajstić information content (AvgIpc) is 3.23. The molecule has 1 aromatic carbocycles. The summed E-state index contributed by atoms with van der Waals surface area (Å²) < 4.78 is 7.22. The molecule has 0 spiro atoms. The number of fused-ring (bicyclic) bond motifs is 2. The number of phenolic OH excluding ortho intramolecular Hbond substituents is 1. The molecule has 4 rings (SSSR count). The van der Waals surface area contributed by atoms with Gasteiger partial charge in [-0.05, 0) is 55.2 Å². The van der Waals surface area contributed by atoms with Gasteiger partial charge in [-0.2, -0.15) is 0 Å². The highest BCUT2D eigenvalue weighted by atomic mass is 32.1. The van der Waals surface area contributed by atoms with Crippen LogP contribution in [-0.4, -0.2) is 21.3 Å². The number of benzene rings is 1. The Morgan fingerprint density at radius 1 is 1.35 bits per heavy atom. The van der Waals surface area contributed by atoms with Gasteiger partial charge >= 0.3 is 0 Å². The van der Waals surface area contributed by atoms with Crippen LogP contribution in [0.15, 0.2) is 29.1 Å². The maximum atomic E-state index is 12.8. The van der Waals surface area contributed by atoms with E-state index < -0.39 is 0 Å². The molecule has 3 heterocycles. The minimum absolute atomic E-state index is 0.0464. The molecular weight excluding hydrogens is 348 g/mol. The fraction of sp³-hybridized carbons (Fsp3) is 0.300. The summed E-state index contributed by atoms with van der Waals surface area (Å²) in [5.41, 5.74) is 2.00. The summed E-state index contributed by atoms with van der Waals surface area (Å²) in [6.07, 6.45) is 3.70. The molecule has 0 fully saturated rings. The number of rotatable bonds is 4. The van der Waals surface area contributed by atoms with Crippen LogP contribution in [0.2, 0.25) is 0 Å². The van der Waals surface area contributed by atoms with Crippen LogP contribution in [0.4, 0.5) is 0 Å². The smallest absolute Gasteiger partial charge is 0.262 e. The summed E-state index contributed by atoms with van der Waals surface area (Å²) in [4.78, 5) is 19.5. The van der Waals surface area contributed by atoms with Crippen molar-refractivity contribution >= 4 is 33.2 Å². The molecule has 1 aliphatic heterocycles. The predicted molar refractivity (Wildman–Crippen MR) is 105 cm³/mol. The van der Waals surface area contributed by atoms with Gasteiger partial charge in [-0.3, -0.25) is 9.36 Å². The van der Waals surface area contributed by atoms with Crippen molar-refractivity contribution in [1.29, 1.82) is 0 Å². The lowest BCUT2D eigenvalue weighted by Gasteiger charge is -2.07. The van der Waals surface area contributed by atoms with Crippen LogP contribution in [0, 0.1) is 0 Å². The van der Waals surface area contributed by atoms with Gasteiger partial charge in [0.15, 0.2) is 11.5 Å². The highest BCUT2D eigenvalue weighted by Gasteiger charge is 2.22. The Balaban J connectivity index is 1.80. The normalized spacial score (nSPS) is 14.9. The quantitative estimate of drug-likeness (QED) is 0.754. The fourth-order valence-electron chi connectivity index (χ4n) is 3.27. The molecule has 1 aliphatic rings. The molecule has 3 aromatic rings. The van der Waals surface area contributed by atoms with E-state index in [9.17, 15) is 9.90 Å². The lowest BCUT2D eigenvalue weighted by atomic mass is 10.1. The molecular formula is C20H20N2O3S. The number of phenols is 1. The number of aryl methyl sites for hydroxylation is 1. The van der Waals surface area contributed by atoms with Gasteiger partial charge in [0.25, 0.3) is 5.56 Å². The lowest BCUT2D eigenvalue weighted by molar-refractivity contribution is 0.318. The zero-order chi connectivity index (χ0) is 18.3. The highest BCUT2D eigenvalue weighted by molar-refractivity contribution is 7.18. The second-order valence-electron chi connectivity index (χ2n) is 6.26. The van der Waals surface area contributed by atoms with E-state index >= 15 is 0 Å². The van der Waals surface area contributed by atoms with Crippen LogP contribution in [0.3, 0.4) is 0 Å². The molecule has 0 amide bonds. The molecule has 0 radical (unpaired) electrons. The van der Waals surface area contributed by atoms with Crippen molar-refractivity contribution < 1.29 is 9.84 Å². The molecule has 5 nitrogen and oxygen atoms in total. The topological polar surface area (TPSA) is 64.4 Å². The molecule has 2 aromatic heterocycles. The second-order valence-corrected chi connectivity index (χ2v) is 7.37. The van der Waals surface area contributed by atoms with E-state index in [1.165, 1.54) is 4.88 Å². The van der Waals surface area contributed by atoms with E-state index in [0.29, 0.717) is 18.9 Å². The maximum Gasteiger partial charge on any atom is 0.262 e. The molecule has 0 atom stereocenters. The van der Waals surface area contributed by atoms with Crippen molar-refractivity contribution in [2.24, 2.45) is 0 Å². The molecule has 0 aliphatic carbocycles. The molecule has 0 bridgehead atoms. The Hall–Kier alpha value is -2.60. The van der Waals surface area contributed by atoms with Gasteiger partial charge < -0.3 is 9.84 Å². The summed E-state index contributed by atoms with van der Waals surface area (Å²) >= 11 is 1.59. The summed E-state index contributed by atoms with van der Waals surface area (Å²) in [5.74, 6) is 1.34. The number of aromatic hydroxyl groups is 1. The maximum absolute atomic E-state index is 12.8. The van der Waals surface area contributed by atoms with Crippen molar-refractivity contribution in [3.8, 4) is 11.5 Å². The van der Waals surface area contributed by atoms with Crippen molar-refractivity contribution in [2.75, 3.05) is 6.61 Å². The van der Waals surface area contributed by atoms with Crippen LogP contribution < -0.4 is 10.3 Å². The number of hydrogen-bond donors (Lipinski definition) is 1. The van der Waals surface area contributed by atoms with Crippen molar-refractivity contribution in [3.05, 3.63) is 50.9 Å². The standard InChI is InChI=1S/C20H20N2O3S/c1-3-14-11-15-19(26-14)21-18-13(7-8-22(18)20(15)24)9-12-5-6-16(23)17(10-12)25-4-2/h5-6,9-11,23H,3-4,7-8H2,1-2H3/b13-9+. The van der Waals surface area contributed by atoms with Crippen molar-refractivity contribution in [3.63, 3.8) is 0 Å². The predicted octanol–water partition coefficient (Wildman–Crippen LogP) is 4.07. The van der Waals surface area contributed by atoms with Gasteiger partial charge in [-0.1, -0.05) is 13.0 Å². The Labute approximate surface area is 155 Å². The van der Waals surface area contributed by atoms with Crippen LogP contribution in [0.5, 0.6) is 11.5 Å². The molecule has 134 valence electrons. The third-order valence-electron chi connectivity index (χ3n) is 4.57. The Bertz CT molecular complexity index is 1080. The lowest BCUT2D eigenvalue weighted by Crippen LogP contribution is -2.19. The van der Waals surface area contributed by atoms with E-state index in [1.807, 2.05) is 31.2 Å². The van der Waals surface area contributed by atoms with Gasteiger partial charge in [0, 0.05) is 11.4 Å². The van der Waals surface area contributed by atoms with E-state index in [1.54, 1.807) is 22.0 Å². The number of nitrogens with zero attached hydrogens (tertiary/aromatic N) is 2. The van der Waals surface area contributed by atoms with Crippen molar-refractivity contribution in [2.45, 2.75) is 33.2 Å². The molecule has 6 heteroatoms. The third kappa shape index (κ3) is 2.80. The van der Waals surface area contributed by atoms with E-state index in [4.69, 9.17) is 9.72 Å². The number of hydrogen-bond acceptors (Lipinski definition) is 5. The molecule has 0 unspecified atom stereocenters. The van der Waals surface area contributed by atoms with Crippen LogP contribution in [0.25, 0.3) is 21.9 Å². The van der Waals surface area contributed by atoms with Crippen molar-refractivity contribution in [1.82, 2.24) is 9.55 Å². The molecule has 26 heavy (non-hydrogen) atoms. The summed E-state index contributed by atoms with van der Waals surface area (Å²) in [5, 5.41) is 10.6. The van der Waals surface area contributed by atoms with Gasteiger partial charge in [-0.15, -0.1) is 11.3 Å². The SMILES string of the molecule is CCOc1cc(/C=C2\CCn3c2nc2sc(CC)cc2c3=O)ccc1O. The highest BCUT2D eigenvalue weighted by Crippen LogP contribution is 2.32. The van der Waals surface area contributed by atoms with Crippen LogP contribution >= 0.6 is 11.3 Å². The summed E-state index contributed by atoms with van der Waals surface area (Å²) in [7, 11) is 0. The van der Waals surface area contributed by atoms with E-state index in [-0.39, 0.29) is 11.3 Å². The summed E-state index contributed by atoms with van der Waals surface area (Å²) in [6.45, 7) is 5.10. The first-order valence-electron chi connectivity index (χ1n) is 8.80. The first-order chi connectivity index (χ1) is 12.6. The molecule has 0 saturated heterocycles. The Kier molecular flexibility index (Phi) is 4.28. The largest absolute Gasteiger partial charge is 0.504 e. The number of allylic oxidation sites excluding steroid dienone is 1. The zero-order valence-electron chi connectivity index (χ0n) is 14.8. The Morgan fingerprint density at radius 2 is 2.19 bits per heavy atom. The minimum atomic E-state index is 0.0464. The van der Waals surface area contributed by atoms with E-state index in [2.05, 4.69) is 6.92 Å². The molecule has 0 saturated carbocycles. The van der Waals surface area contributed by atoms with Crippen LogP contribution in [-0.2, 0) is 13.0 Å². The Morgan fingerprint density at radius 3 is 2.96 bits per heavy atom. The first kappa shape index (κ1) is 16.8. The minimum Gasteiger partial charge on any atom is -0.504 e. The number of thiophene rings is 1. The molecule has 1 N–H and O–H groups in total. The van der Waals surface area contributed by atoms with Gasteiger partial charge in [0.1, 0.15) is 10.7 Å². The van der Waals surface area contributed by atoms with Gasteiger partial charge in [0.05, 0.1) is 12.0 Å². The monoisotopic (exact) mass is 368 g/mol. The average molecular weight is 368 g/mol. The number of aromatic nitrogens is 2. The fourth-order valence-corrected chi connectivity index (χ4v) is 4.22. The van der Waals surface area contributed by atoms with Gasteiger partial charge in [-0.25, -0.2) is 4.98 Å². The van der Waals surface area contributed by atoms with Crippen LogP contribution in [0.1, 0.15) is 36.5 Å². The zero-order valence-corrected chi connectivity index (χ0v) is 15.6. The first-order valence-corrected chi connectivity index (χ1v) is 9.62. The summed E-state index contributed by atoms with van der Waals surface area (Å²) in [6, 6.07) is 7.25. The second kappa shape index (κ2) is 6.61. The van der Waals surface area contributed by atoms with E-state index in [0.717, 1.165) is 40.0 Å². The van der Waals surface area contributed by atoms with Gasteiger partial charge in [0.2, 0.25) is 0 Å². The number of ether oxygens (including phenoxy) is 1. The third-order valence-corrected chi connectivity index (χ3v) is 5.74.